The minimum absolute atomic E-state index is 0.186. The molecular weight excluding hydrogens is 434 g/mol. The van der Waals surface area contributed by atoms with Gasteiger partial charge in [-0.3, -0.25) is 18.8 Å². The lowest BCUT2D eigenvalue weighted by molar-refractivity contribution is -0.113. The van der Waals surface area contributed by atoms with Crippen molar-refractivity contribution < 1.29 is 4.79 Å². The van der Waals surface area contributed by atoms with Crippen molar-refractivity contribution in [2.45, 2.75) is 13.0 Å². The third-order valence-electron chi connectivity index (χ3n) is 5.44. The second-order valence-corrected chi connectivity index (χ2v) is 8.77. The molecule has 1 aliphatic heterocycles. The highest BCUT2D eigenvalue weighted by Gasteiger charge is 2.32. The van der Waals surface area contributed by atoms with Gasteiger partial charge in [-0.25, -0.2) is 4.99 Å². The van der Waals surface area contributed by atoms with Crippen LogP contribution in [0.3, 0.4) is 0 Å². The zero-order chi connectivity index (χ0) is 22.9. The number of amides is 1. The van der Waals surface area contributed by atoms with Crippen LogP contribution in [0, 0.1) is 0 Å². The van der Waals surface area contributed by atoms with E-state index in [0.29, 0.717) is 26.3 Å². The van der Waals surface area contributed by atoms with E-state index in [1.807, 2.05) is 86.9 Å². The Kier molecular flexibility index (Phi) is 5.35. The second-order valence-electron chi connectivity index (χ2n) is 7.76. The largest absolute Gasteiger partial charge is 0.322 e. The number of benzene rings is 2. The molecule has 1 amide bonds. The number of para-hydroxylation sites is 1. The van der Waals surface area contributed by atoms with E-state index < -0.39 is 6.04 Å². The summed E-state index contributed by atoms with van der Waals surface area (Å²) in [6, 6.07) is 18.3. The summed E-state index contributed by atoms with van der Waals surface area (Å²) in [4.78, 5) is 32.2. The highest BCUT2D eigenvalue weighted by Crippen LogP contribution is 2.30. The number of aromatic nitrogens is 3. The quantitative estimate of drug-likeness (QED) is 0.514. The lowest BCUT2D eigenvalue weighted by atomic mass is 9.95. The fourth-order valence-electron chi connectivity index (χ4n) is 3.95. The van der Waals surface area contributed by atoms with Crippen molar-refractivity contribution in [2.75, 3.05) is 5.32 Å². The Morgan fingerprint density at radius 1 is 1.09 bits per heavy atom. The van der Waals surface area contributed by atoms with E-state index in [2.05, 4.69) is 15.4 Å². The van der Waals surface area contributed by atoms with Gasteiger partial charge in [-0.05, 0) is 30.7 Å². The van der Waals surface area contributed by atoms with Crippen molar-refractivity contribution >= 4 is 29.0 Å². The minimum atomic E-state index is -0.581. The van der Waals surface area contributed by atoms with E-state index in [9.17, 15) is 9.59 Å². The van der Waals surface area contributed by atoms with Gasteiger partial charge in [-0.15, -0.1) is 0 Å². The molecule has 0 saturated heterocycles. The van der Waals surface area contributed by atoms with E-state index in [1.165, 1.54) is 11.3 Å². The zero-order valence-corrected chi connectivity index (χ0v) is 18.9. The number of fused-ring (bicyclic) bond motifs is 1. The van der Waals surface area contributed by atoms with Crippen LogP contribution in [0.25, 0.3) is 6.08 Å². The first-order chi connectivity index (χ1) is 16.0. The number of nitrogens with one attached hydrogen (secondary N) is 1. The molecule has 0 aliphatic carbocycles. The van der Waals surface area contributed by atoms with Crippen molar-refractivity contribution in [3.8, 4) is 0 Å². The van der Waals surface area contributed by atoms with Gasteiger partial charge in [0.2, 0.25) is 0 Å². The molecule has 2 aromatic carbocycles. The summed E-state index contributed by atoms with van der Waals surface area (Å²) in [5.74, 6) is -0.280. The molecule has 1 aliphatic rings. The van der Waals surface area contributed by atoms with Gasteiger partial charge in [-0.1, -0.05) is 59.9 Å². The molecule has 4 aromatic rings. The van der Waals surface area contributed by atoms with E-state index >= 15 is 0 Å². The number of rotatable bonds is 4. The topological polar surface area (TPSA) is 81.3 Å². The standard InChI is InChI=1S/C25H21N5O2S/c1-16-21(23(31)28-19-11-7-4-8-12-19)22(18-9-5-3-6-10-18)30-24(32)20(33-25(30)27-16)13-17-14-26-29(2)15-17/h3-15,22H,1-2H3,(H,28,31)/t22-/m1/s1. The number of allylic oxidation sites excluding steroid dienone is 1. The molecule has 7 nitrogen and oxygen atoms in total. The maximum atomic E-state index is 13.5. The average Bonchev–Trinajstić information content (AvgIpc) is 3.36. The normalized spacial score (nSPS) is 15.8. The Balaban J connectivity index is 1.67. The number of hydrogen-bond acceptors (Lipinski definition) is 5. The molecule has 0 fully saturated rings. The molecule has 8 heteroatoms. The molecule has 0 saturated carbocycles. The molecule has 1 atom stereocenters. The minimum Gasteiger partial charge on any atom is -0.322 e. The predicted molar refractivity (Wildman–Crippen MR) is 128 cm³/mol. The van der Waals surface area contributed by atoms with Gasteiger partial charge < -0.3 is 5.32 Å². The van der Waals surface area contributed by atoms with Crippen molar-refractivity contribution in [1.82, 2.24) is 14.3 Å². The molecule has 5 rings (SSSR count). The van der Waals surface area contributed by atoms with Gasteiger partial charge in [0.15, 0.2) is 4.80 Å². The molecule has 0 radical (unpaired) electrons. The molecular formula is C25H21N5O2S. The monoisotopic (exact) mass is 455 g/mol. The van der Waals surface area contributed by atoms with Crippen LogP contribution in [-0.4, -0.2) is 20.3 Å². The number of aryl methyl sites for hydroxylation is 1. The average molecular weight is 456 g/mol. The number of thiazole rings is 1. The first kappa shape index (κ1) is 20.8. The smallest absolute Gasteiger partial charge is 0.271 e. The molecule has 0 bridgehead atoms. The van der Waals surface area contributed by atoms with Crippen molar-refractivity contribution in [2.24, 2.45) is 12.0 Å². The number of nitrogens with zero attached hydrogens (tertiary/aromatic N) is 4. The van der Waals surface area contributed by atoms with Crippen LogP contribution in [0.1, 0.15) is 24.1 Å². The van der Waals surface area contributed by atoms with Gasteiger partial charge in [0.25, 0.3) is 11.5 Å². The van der Waals surface area contributed by atoms with E-state index in [0.717, 1.165) is 11.1 Å². The van der Waals surface area contributed by atoms with Crippen LogP contribution in [0.2, 0.25) is 0 Å². The highest BCUT2D eigenvalue weighted by molar-refractivity contribution is 7.07. The molecule has 3 heterocycles. The van der Waals surface area contributed by atoms with Crippen LogP contribution in [-0.2, 0) is 11.8 Å². The summed E-state index contributed by atoms with van der Waals surface area (Å²) in [6.07, 6.45) is 5.36. The van der Waals surface area contributed by atoms with E-state index in [1.54, 1.807) is 15.4 Å². The molecule has 1 N–H and O–H groups in total. The van der Waals surface area contributed by atoms with Crippen molar-refractivity contribution in [1.29, 1.82) is 0 Å². The van der Waals surface area contributed by atoms with Crippen molar-refractivity contribution in [3.63, 3.8) is 0 Å². The summed E-state index contributed by atoms with van der Waals surface area (Å²) < 4.78 is 3.85. The highest BCUT2D eigenvalue weighted by atomic mass is 32.1. The molecule has 0 spiro atoms. The third kappa shape index (κ3) is 3.96. The SMILES string of the molecule is CC1=C(C(=O)Nc2ccccc2)[C@@H](c2ccccc2)n2c(sc(=Cc3cnn(C)c3)c2=O)=N1. The maximum Gasteiger partial charge on any atom is 0.271 e. The maximum absolute atomic E-state index is 13.5. The zero-order valence-electron chi connectivity index (χ0n) is 18.1. The van der Waals surface area contributed by atoms with Crippen LogP contribution < -0.4 is 20.2 Å². The number of anilines is 1. The van der Waals surface area contributed by atoms with Crippen molar-refractivity contribution in [3.05, 3.63) is 115 Å². The van der Waals surface area contributed by atoms with Crippen LogP contribution in [0.4, 0.5) is 5.69 Å². The van der Waals surface area contributed by atoms with Gasteiger partial charge in [0.1, 0.15) is 0 Å². The first-order valence-electron chi connectivity index (χ1n) is 10.4. The Bertz CT molecular complexity index is 1550. The van der Waals surface area contributed by atoms with Gasteiger partial charge in [0, 0.05) is 24.5 Å². The fourth-order valence-corrected chi connectivity index (χ4v) is 5.00. The van der Waals surface area contributed by atoms with Crippen LogP contribution in [0.15, 0.2) is 94.1 Å². The summed E-state index contributed by atoms with van der Waals surface area (Å²) in [5, 5.41) is 7.12. The molecule has 0 unspecified atom stereocenters. The Hall–Kier alpha value is -4.04. The molecule has 33 heavy (non-hydrogen) atoms. The Morgan fingerprint density at radius 2 is 1.79 bits per heavy atom. The van der Waals surface area contributed by atoms with Gasteiger partial charge >= 0.3 is 0 Å². The van der Waals surface area contributed by atoms with E-state index in [4.69, 9.17) is 0 Å². The molecule has 2 aromatic heterocycles. The Labute approximate surface area is 193 Å². The third-order valence-corrected chi connectivity index (χ3v) is 6.42. The van der Waals surface area contributed by atoms with Gasteiger partial charge in [-0.2, -0.15) is 5.10 Å². The van der Waals surface area contributed by atoms with E-state index in [-0.39, 0.29) is 11.5 Å². The summed E-state index contributed by atoms with van der Waals surface area (Å²) in [6.45, 7) is 1.81. The first-order valence-corrected chi connectivity index (χ1v) is 11.3. The lowest BCUT2D eigenvalue weighted by Gasteiger charge is -2.25. The van der Waals surface area contributed by atoms with Crippen LogP contribution in [0.5, 0.6) is 0 Å². The Morgan fingerprint density at radius 3 is 2.45 bits per heavy atom. The summed E-state index contributed by atoms with van der Waals surface area (Å²) in [7, 11) is 1.83. The number of carbonyl (C=O) groups is 1. The lowest BCUT2D eigenvalue weighted by Crippen LogP contribution is -2.40. The van der Waals surface area contributed by atoms with Gasteiger partial charge in [0.05, 0.1) is 28.0 Å². The number of hydrogen-bond donors (Lipinski definition) is 1. The fraction of sp³-hybridized carbons (Fsp3) is 0.120. The summed E-state index contributed by atoms with van der Waals surface area (Å²) in [5.41, 5.74) is 3.21. The molecule has 164 valence electrons. The predicted octanol–water partition coefficient (Wildman–Crippen LogP) is 2.61. The number of carbonyl (C=O) groups excluding carboxylic acids is 1. The summed E-state index contributed by atoms with van der Waals surface area (Å²) >= 11 is 1.31. The van der Waals surface area contributed by atoms with Crippen LogP contribution >= 0.6 is 11.3 Å². The second kappa shape index (κ2) is 8.48.